The molecule has 8 rings (SSSR count). The number of sulfonamides is 1. The molecule has 8 aromatic rings. The summed E-state index contributed by atoms with van der Waals surface area (Å²) in [6.45, 7) is 0. The van der Waals surface area contributed by atoms with Gasteiger partial charge in [-0.05, 0) is 70.8 Å². The van der Waals surface area contributed by atoms with Crippen molar-refractivity contribution in [3.8, 4) is 33.0 Å². The van der Waals surface area contributed by atoms with Crippen molar-refractivity contribution in [3.05, 3.63) is 181 Å². The number of halogens is 1. The van der Waals surface area contributed by atoms with Crippen LogP contribution in [-0.2, 0) is 15.6 Å². The summed E-state index contributed by atoms with van der Waals surface area (Å²) < 4.78 is 43.6. The van der Waals surface area contributed by atoms with Gasteiger partial charge in [0.05, 0.1) is 16.1 Å². The quantitative estimate of drug-likeness (QED) is 0.139. The Hall–Kier alpha value is -5.81. The van der Waals surface area contributed by atoms with Crippen molar-refractivity contribution >= 4 is 32.3 Å². The fourth-order valence-electron chi connectivity index (χ4n) is 6.70. The fraction of sp³-hybridized carbons (Fsp3) is 0.0714. The first-order valence-corrected chi connectivity index (χ1v) is 18.8. The van der Waals surface area contributed by atoms with Crippen molar-refractivity contribution in [2.45, 2.75) is 9.75 Å². The number of aromatic nitrogens is 4. The first-order chi connectivity index (χ1) is 25.3. The Labute approximate surface area is 305 Å². The molecule has 0 amide bonds. The van der Waals surface area contributed by atoms with Crippen molar-refractivity contribution < 1.29 is 12.8 Å². The molecule has 0 radical (unpaired) electrons. The van der Waals surface area contributed by atoms with Crippen molar-refractivity contribution in [1.29, 1.82) is 0 Å². The van der Waals surface area contributed by atoms with E-state index in [-0.39, 0.29) is 10.0 Å². The maximum atomic E-state index is 14.3. The van der Waals surface area contributed by atoms with Gasteiger partial charge < -0.3 is 0 Å². The molecule has 3 heterocycles. The molecule has 0 atom stereocenters. The predicted octanol–water partition coefficient (Wildman–Crippen LogP) is 9.12. The summed E-state index contributed by atoms with van der Waals surface area (Å²) >= 11 is 1.17. The molecular weight excluding hydrogens is 690 g/mol. The molecule has 52 heavy (non-hydrogen) atoms. The zero-order chi connectivity index (χ0) is 35.9. The summed E-state index contributed by atoms with van der Waals surface area (Å²) in [5.74, 6) is -0.337. The van der Waals surface area contributed by atoms with Crippen LogP contribution in [0.3, 0.4) is 0 Å². The lowest BCUT2D eigenvalue weighted by molar-refractivity contribution is 0.461. The van der Waals surface area contributed by atoms with Crippen LogP contribution in [0.4, 0.5) is 4.39 Å². The second kappa shape index (κ2) is 13.4. The number of hydrogen-bond donors (Lipinski definition) is 0. The number of fused-ring (bicyclic) bond motifs is 1. The van der Waals surface area contributed by atoms with Crippen molar-refractivity contribution in [3.63, 3.8) is 0 Å². The molecule has 0 unspecified atom stereocenters. The summed E-state index contributed by atoms with van der Waals surface area (Å²) in [5.41, 5.74) is 6.58. The normalized spacial score (nSPS) is 12.1. The molecule has 10 heteroatoms. The van der Waals surface area contributed by atoms with Crippen LogP contribution in [0, 0.1) is 5.82 Å². The highest BCUT2D eigenvalue weighted by atomic mass is 32.2. The summed E-state index contributed by atoms with van der Waals surface area (Å²) in [6, 6.07) is 46.6. The number of thiophene rings is 1. The third-order valence-corrected chi connectivity index (χ3v) is 12.6. The van der Waals surface area contributed by atoms with Gasteiger partial charge in [0.2, 0.25) is 0 Å². The van der Waals surface area contributed by atoms with Crippen LogP contribution in [0.15, 0.2) is 162 Å². The smallest absolute Gasteiger partial charge is 0.252 e. The second-order valence-corrected chi connectivity index (χ2v) is 16.0. The summed E-state index contributed by atoms with van der Waals surface area (Å²) in [6.07, 6.45) is 3.55. The Morgan fingerprint density at radius 3 is 1.83 bits per heavy atom. The molecule has 5 aromatic carbocycles. The van der Waals surface area contributed by atoms with E-state index in [1.54, 1.807) is 24.3 Å². The SMILES string of the molecule is CN(C)S(=O)(=O)c1ccc(-c2ncnc3ccc(-c4cn(C(c5ccccc5)(c5ccccc5)c5ccccc5)nc4-c4ccc(F)cc4)cc23)s1. The van der Waals surface area contributed by atoms with Gasteiger partial charge in [-0.25, -0.2) is 27.1 Å². The third-order valence-electron chi connectivity index (χ3n) is 9.25. The van der Waals surface area contributed by atoms with Crippen molar-refractivity contribution in [2.24, 2.45) is 0 Å². The molecule has 256 valence electrons. The van der Waals surface area contributed by atoms with Gasteiger partial charge in [0.15, 0.2) is 0 Å². The van der Waals surface area contributed by atoms with E-state index in [1.807, 2.05) is 77.5 Å². The van der Waals surface area contributed by atoms with Crippen molar-refractivity contribution in [1.82, 2.24) is 24.1 Å². The number of nitrogens with zero attached hydrogens (tertiary/aromatic N) is 5. The Balaban J connectivity index is 1.40. The van der Waals surface area contributed by atoms with E-state index in [4.69, 9.17) is 5.10 Å². The van der Waals surface area contributed by atoms with E-state index in [0.29, 0.717) is 21.8 Å². The van der Waals surface area contributed by atoms with E-state index in [1.165, 1.54) is 48.2 Å². The number of rotatable bonds is 9. The molecular formula is C42H32FN5O2S2. The largest absolute Gasteiger partial charge is 0.252 e. The van der Waals surface area contributed by atoms with Gasteiger partial charge in [0.25, 0.3) is 10.0 Å². The molecule has 0 fully saturated rings. The van der Waals surface area contributed by atoms with Gasteiger partial charge in [0.1, 0.15) is 27.6 Å². The Bertz CT molecular complexity index is 2530. The van der Waals surface area contributed by atoms with Crippen LogP contribution in [0.5, 0.6) is 0 Å². The summed E-state index contributed by atoms with van der Waals surface area (Å²) in [5, 5.41) is 6.15. The second-order valence-electron chi connectivity index (χ2n) is 12.5. The monoisotopic (exact) mass is 721 g/mol. The van der Waals surface area contributed by atoms with E-state index in [2.05, 4.69) is 52.6 Å². The lowest BCUT2D eigenvalue weighted by Gasteiger charge is -2.36. The fourth-order valence-corrected chi connectivity index (χ4v) is 9.19. The zero-order valence-electron chi connectivity index (χ0n) is 28.3. The molecule has 0 bridgehead atoms. The average Bonchev–Trinajstić information content (AvgIpc) is 3.86. The first-order valence-electron chi connectivity index (χ1n) is 16.6. The minimum Gasteiger partial charge on any atom is -0.252 e. The zero-order valence-corrected chi connectivity index (χ0v) is 29.9. The molecule has 0 N–H and O–H groups in total. The number of hydrogen-bond acceptors (Lipinski definition) is 6. The molecule has 3 aromatic heterocycles. The van der Waals surface area contributed by atoms with Crippen LogP contribution < -0.4 is 0 Å². The van der Waals surface area contributed by atoms with E-state index in [9.17, 15) is 12.8 Å². The maximum absolute atomic E-state index is 14.3. The van der Waals surface area contributed by atoms with Gasteiger partial charge >= 0.3 is 0 Å². The minimum atomic E-state index is -3.62. The standard InChI is InChI=1S/C42H32FN5O2S2/c1-47(2)52(49,50)39-25-24-38(51-39)41-35-26-30(20-23-37(35)44-28-45-41)36-27-48(46-40(36)29-18-21-34(43)22-19-29)42(31-12-6-3-7-13-31,32-14-8-4-9-15-32)33-16-10-5-11-17-33/h3-28H,1-2H3. The lowest BCUT2D eigenvalue weighted by Crippen LogP contribution is -2.38. The molecule has 0 aliphatic carbocycles. The summed E-state index contributed by atoms with van der Waals surface area (Å²) in [7, 11) is -0.585. The number of benzene rings is 5. The van der Waals surface area contributed by atoms with E-state index >= 15 is 0 Å². The molecule has 0 saturated carbocycles. The van der Waals surface area contributed by atoms with Gasteiger partial charge in [0, 0.05) is 36.8 Å². The highest BCUT2D eigenvalue weighted by molar-refractivity contribution is 7.91. The van der Waals surface area contributed by atoms with Gasteiger partial charge in [-0.3, -0.25) is 4.68 Å². The van der Waals surface area contributed by atoms with Crippen LogP contribution >= 0.6 is 11.3 Å². The van der Waals surface area contributed by atoms with Crippen LogP contribution in [0.2, 0.25) is 0 Å². The Morgan fingerprint density at radius 2 is 1.25 bits per heavy atom. The Morgan fingerprint density at radius 1 is 0.673 bits per heavy atom. The Kier molecular flexibility index (Phi) is 8.58. The first kappa shape index (κ1) is 33.3. The van der Waals surface area contributed by atoms with Gasteiger partial charge in [-0.15, -0.1) is 11.3 Å². The minimum absolute atomic E-state index is 0.231. The summed E-state index contributed by atoms with van der Waals surface area (Å²) in [4.78, 5) is 9.88. The lowest BCUT2D eigenvalue weighted by atomic mass is 9.77. The highest BCUT2D eigenvalue weighted by Crippen LogP contribution is 2.44. The maximum Gasteiger partial charge on any atom is 0.252 e. The molecule has 0 aliphatic heterocycles. The van der Waals surface area contributed by atoms with E-state index < -0.39 is 15.6 Å². The topological polar surface area (TPSA) is 81.0 Å². The highest BCUT2D eigenvalue weighted by Gasteiger charge is 2.40. The van der Waals surface area contributed by atoms with Crippen LogP contribution in [0.1, 0.15) is 16.7 Å². The third kappa shape index (κ3) is 5.71. The molecule has 7 nitrogen and oxygen atoms in total. The van der Waals surface area contributed by atoms with Crippen LogP contribution in [0.25, 0.3) is 43.9 Å². The van der Waals surface area contributed by atoms with Gasteiger partial charge in [-0.1, -0.05) is 97.1 Å². The molecule has 0 spiro atoms. The average molecular weight is 722 g/mol. The van der Waals surface area contributed by atoms with Crippen LogP contribution in [-0.4, -0.2) is 46.6 Å². The van der Waals surface area contributed by atoms with Crippen molar-refractivity contribution in [2.75, 3.05) is 14.1 Å². The van der Waals surface area contributed by atoms with Gasteiger partial charge in [-0.2, -0.15) is 5.10 Å². The predicted molar refractivity (Wildman–Crippen MR) is 205 cm³/mol. The molecule has 0 aliphatic rings. The van der Waals surface area contributed by atoms with E-state index in [0.717, 1.165) is 38.8 Å². The molecule has 0 saturated heterocycles.